The number of anilines is 5. The minimum Gasteiger partial charge on any atom is -0.452 e. The normalized spacial score (nSPS) is 17.5. The third-order valence-electron chi connectivity index (χ3n) is 11.0. The molecule has 7 heteroatoms. The Morgan fingerprint density at radius 2 is 1.16 bits per heavy atom. The molecule has 4 heterocycles. The predicted octanol–water partition coefficient (Wildman–Crippen LogP) is 10.6. The van der Waals surface area contributed by atoms with Crippen LogP contribution >= 0.6 is 0 Å². The third-order valence-corrected chi connectivity index (χ3v) is 11.0. The molecule has 57 heavy (non-hydrogen) atoms. The molecular weight excluding hydrogens is 701 g/mol. The van der Waals surface area contributed by atoms with Crippen LogP contribution in [-0.2, 0) is 0 Å². The molecule has 0 aliphatic carbocycles. The molecule has 4 N–H and O–H groups in total. The summed E-state index contributed by atoms with van der Waals surface area (Å²) in [5, 5.41) is 9.87. The summed E-state index contributed by atoms with van der Waals surface area (Å²) in [6, 6.07) is 60.9. The number of ether oxygens (including phenoxy) is 1. The average Bonchev–Trinajstić information content (AvgIpc) is 3.29. The Morgan fingerprint density at radius 3 is 1.88 bits per heavy atom. The molecule has 0 fully saturated rings. The molecule has 2 atom stereocenters. The van der Waals surface area contributed by atoms with Gasteiger partial charge in [0.1, 0.15) is 17.6 Å². The van der Waals surface area contributed by atoms with E-state index in [4.69, 9.17) is 14.7 Å². The van der Waals surface area contributed by atoms with Gasteiger partial charge in [0.25, 0.3) is 0 Å². The number of nitrogens with one attached hydrogen (secondary N) is 2. The second-order valence-corrected chi connectivity index (χ2v) is 14.5. The maximum atomic E-state index is 6.92. The van der Waals surface area contributed by atoms with Crippen LogP contribution in [0.5, 0.6) is 11.5 Å². The van der Waals surface area contributed by atoms with Crippen LogP contribution in [0.1, 0.15) is 45.5 Å². The first-order valence-electron chi connectivity index (χ1n) is 19.3. The SMILES string of the molecule is C1=C(c2ccccc2)N=C(c2cccc3c2Nc2cccc4c2N3c2cccc(C3=NC(c5ccccc5)=CC(c5ccccc5)N3)c2O4)[NH2+]C1c1ccccc1. The van der Waals surface area contributed by atoms with Crippen LogP contribution in [-0.4, -0.2) is 11.7 Å². The van der Waals surface area contributed by atoms with Gasteiger partial charge in [-0.3, -0.25) is 10.2 Å². The van der Waals surface area contributed by atoms with E-state index < -0.39 is 0 Å². The Morgan fingerprint density at radius 1 is 0.544 bits per heavy atom. The number of quaternary nitrogens is 1. The number of benzene rings is 7. The van der Waals surface area contributed by atoms with Gasteiger partial charge in [-0.15, -0.1) is 0 Å². The van der Waals surface area contributed by atoms with Crippen LogP contribution in [0.2, 0.25) is 0 Å². The van der Waals surface area contributed by atoms with Crippen LogP contribution in [0, 0.1) is 0 Å². The summed E-state index contributed by atoms with van der Waals surface area (Å²) in [4.78, 5) is 12.9. The molecule has 7 aromatic rings. The second kappa shape index (κ2) is 13.7. The molecule has 11 rings (SSSR count). The van der Waals surface area contributed by atoms with Gasteiger partial charge in [0.15, 0.2) is 11.5 Å². The van der Waals surface area contributed by atoms with E-state index in [0.29, 0.717) is 0 Å². The van der Waals surface area contributed by atoms with Crippen molar-refractivity contribution in [3.05, 3.63) is 221 Å². The number of fused-ring (bicyclic) bond motifs is 4. The van der Waals surface area contributed by atoms with Crippen molar-refractivity contribution in [2.24, 2.45) is 9.98 Å². The molecular formula is C50H37N6O+. The minimum absolute atomic E-state index is 0.0530. The number of hydrogen-bond acceptors (Lipinski definition) is 6. The standard InChI is InChI=1S/C50H36N6O/c1-5-16-32(17-6-1)39-30-40(33-18-7-2-8-19-33)53-49(52-39)36-24-13-27-43-46(36)51-38-26-15-29-45-47(38)56(43)44-28-14-25-37(48(44)57-45)50-54-41(34-20-9-3-10-21-34)31-42(55-50)35-22-11-4-12-23-35/h1-31,39,41,51H,(H,52,53)(H,54,55)/p+1. The maximum Gasteiger partial charge on any atom is 0.235 e. The van der Waals surface area contributed by atoms with Crippen molar-refractivity contribution in [2.75, 3.05) is 10.2 Å². The summed E-state index contributed by atoms with van der Waals surface area (Å²) >= 11 is 0. The molecule has 0 radical (unpaired) electrons. The lowest BCUT2D eigenvalue weighted by Crippen LogP contribution is -2.89. The Kier molecular flexibility index (Phi) is 7.89. The van der Waals surface area contributed by atoms with E-state index in [1.54, 1.807) is 0 Å². The quantitative estimate of drug-likeness (QED) is 0.159. The smallest absolute Gasteiger partial charge is 0.235 e. The molecule has 4 aliphatic heterocycles. The van der Waals surface area contributed by atoms with Gasteiger partial charge in [0.2, 0.25) is 5.84 Å². The minimum atomic E-state index is -0.0863. The lowest BCUT2D eigenvalue weighted by Gasteiger charge is -2.40. The lowest BCUT2D eigenvalue weighted by molar-refractivity contribution is -0.575. The van der Waals surface area contributed by atoms with Crippen molar-refractivity contribution in [3.8, 4) is 11.5 Å². The number of para-hydroxylation sites is 3. The van der Waals surface area contributed by atoms with Gasteiger partial charge >= 0.3 is 0 Å². The van der Waals surface area contributed by atoms with Crippen LogP contribution in [0.15, 0.2) is 198 Å². The molecule has 7 aromatic carbocycles. The fourth-order valence-corrected chi connectivity index (χ4v) is 8.28. The van der Waals surface area contributed by atoms with Crippen LogP contribution in [0.25, 0.3) is 11.4 Å². The fourth-order valence-electron chi connectivity index (χ4n) is 8.28. The van der Waals surface area contributed by atoms with Crippen molar-refractivity contribution in [3.63, 3.8) is 0 Å². The first-order chi connectivity index (χ1) is 28.2. The van der Waals surface area contributed by atoms with Gasteiger partial charge in [0.05, 0.1) is 51.3 Å². The highest BCUT2D eigenvalue weighted by atomic mass is 16.5. The average molecular weight is 738 g/mol. The summed E-state index contributed by atoms with van der Waals surface area (Å²) in [7, 11) is 0. The van der Waals surface area contributed by atoms with Gasteiger partial charge in [-0.05, 0) is 53.6 Å². The predicted molar refractivity (Wildman–Crippen MR) is 230 cm³/mol. The fraction of sp³-hybridized carbons (Fsp3) is 0.0400. The Balaban J connectivity index is 1.04. The molecule has 0 aromatic heterocycles. The van der Waals surface area contributed by atoms with Gasteiger partial charge < -0.3 is 15.4 Å². The van der Waals surface area contributed by atoms with Crippen molar-refractivity contribution < 1.29 is 10.1 Å². The monoisotopic (exact) mass is 737 g/mol. The summed E-state index contributed by atoms with van der Waals surface area (Å²) in [6.45, 7) is 0. The van der Waals surface area contributed by atoms with Crippen molar-refractivity contribution in [1.29, 1.82) is 0 Å². The van der Waals surface area contributed by atoms with Crippen molar-refractivity contribution in [2.45, 2.75) is 12.1 Å². The highest BCUT2D eigenvalue weighted by Crippen LogP contribution is 2.59. The number of rotatable bonds is 6. The van der Waals surface area contributed by atoms with E-state index in [-0.39, 0.29) is 12.1 Å². The lowest BCUT2D eigenvalue weighted by atomic mass is 9.97. The zero-order valence-corrected chi connectivity index (χ0v) is 30.9. The third kappa shape index (κ3) is 5.80. The summed E-state index contributed by atoms with van der Waals surface area (Å²) in [5.41, 5.74) is 13.2. The van der Waals surface area contributed by atoms with E-state index >= 15 is 0 Å². The number of amidine groups is 2. The number of aliphatic imine (C=N–C) groups is 2. The van der Waals surface area contributed by atoms with E-state index in [1.807, 2.05) is 30.3 Å². The van der Waals surface area contributed by atoms with E-state index in [0.717, 1.165) is 90.8 Å². The number of nitrogens with zero attached hydrogens (tertiary/aromatic N) is 3. The molecule has 0 spiro atoms. The van der Waals surface area contributed by atoms with Crippen LogP contribution < -0.4 is 25.6 Å². The van der Waals surface area contributed by atoms with Gasteiger partial charge in [0, 0.05) is 17.2 Å². The number of hydrogen-bond donors (Lipinski definition) is 3. The largest absolute Gasteiger partial charge is 0.452 e. The Labute approximate surface area is 331 Å². The summed E-state index contributed by atoms with van der Waals surface area (Å²) in [5.74, 6) is 3.19. The zero-order valence-electron chi connectivity index (χ0n) is 30.9. The summed E-state index contributed by atoms with van der Waals surface area (Å²) < 4.78 is 6.92. The Bertz CT molecular complexity index is 2610. The van der Waals surface area contributed by atoms with Crippen LogP contribution in [0.3, 0.4) is 0 Å². The van der Waals surface area contributed by atoms with Crippen molar-refractivity contribution >= 4 is 51.5 Å². The number of nitrogens with two attached hydrogens (primary N) is 1. The molecule has 0 saturated heterocycles. The topological polar surface area (TPSA) is 77.9 Å². The first-order valence-corrected chi connectivity index (χ1v) is 19.3. The first kappa shape index (κ1) is 32.9. The van der Waals surface area contributed by atoms with Crippen molar-refractivity contribution in [1.82, 2.24) is 5.32 Å². The molecule has 272 valence electrons. The van der Waals surface area contributed by atoms with Gasteiger partial charge in [-0.25, -0.2) is 4.99 Å². The molecule has 2 unspecified atom stereocenters. The zero-order chi connectivity index (χ0) is 37.7. The van der Waals surface area contributed by atoms with E-state index in [9.17, 15) is 0 Å². The summed E-state index contributed by atoms with van der Waals surface area (Å²) in [6.07, 6.45) is 4.47. The molecule has 0 bridgehead atoms. The Hall–Kier alpha value is -7.48. The van der Waals surface area contributed by atoms with E-state index in [2.05, 4.69) is 179 Å². The molecule has 0 saturated carbocycles. The van der Waals surface area contributed by atoms with Crippen LogP contribution in [0.4, 0.5) is 28.4 Å². The highest BCUT2D eigenvalue weighted by Gasteiger charge is 2.38. The maximum absolute atomic E-state index is 6.92. The molecule has 4 aliphatic rings. The molecule has 7 nitrogen and oxygen atoms in total. The molecule has 0 amide bonds. The second-order valence-electron chi connectivity index (χ2n) is 14.5. The van der Waals surface area contributed by atoms with Gasteiger partial charge in [-0.2, -0.15) is 4.99 Å². The van der Waals surface area contributed by atoms with E-state index in [1.165, 1.54) is 5.56 Å². The highest BCUT2D eigenvalue weighted by molar-refractivity contribution is 6.12. The van der Waals surface area contributed by atoms with Gasteiger partial charge in [-0.1, -0.05) is 140 Å².